The number of likely N-dealkylation sites (tertiary alicyclic amines) is 1. The van der Waals surface area contributed by atoms with Gasteiger partial charge in [0.2, 0.25) is 0 Å². The lowest BCUT2D eigenvalue weighted by molar-refractivity contribution is -0.149. The summed E-state index contributed by atoms with van der Waals surface area (Å²) in [6, 6.07) is 10.3. The summed E-state index contributed by atoms with van der Waals surface area (Å²) in [5, 5.41) is 12.6. The molecule has 1 unspecified atom stereocenters. The normalized spacial score (nSPS) is 26.0. The number of amides is 2. The van der Waals surface area contributed by atoms with Crippen LogP contribution in [0.5, 0.6) is 0 Å². The highest BCUT2D eigenvalue weighted by molar-refractivity contribution is 5.80. The van der Waals surface area contributed by atoms with Crippen LogP contribution in [0.4, 0.5) is 4.79 Å². The fourth-order valence-corrected chi connectivity index (χ4v) is 4.32. The first-order chi connectivity index (χ1) is 12.4. The summed E-state index contributed by atoms with van der Waals surface area (Å²) in [7, 11) is 2.05. The molecule has 1 aliphatic carbocycles. The van der Waals surface area contributed by atoms with E-state index in [0.717, 1.165) is 19.4 Å². The molecular weight excluding hydrogens is 330 g/mol. The van der Waals surface area contributed by atoms with Gasteiger partial charge in [0, 0.05) is 32.2 Å². The number of hydrogen-bond donors (Lipinski definition) is 2. The number of rotatable bonds is 6. The van der Waals surface area contributed by atoms with E-state index in [1.165, 1.54) is 5.56 Å². The SMILES string of the molecule is CC(CNC(=O)N1C[C@@H]2CCC[C@@]2(C(=O)O)C1)N(C)Cc1ccccc1. The molecule has 0 spiro atoms. The molecule has 1 aromatic rings. The van der Waals surface area contributed by atoms with Crippen LogP contribution in [0.2, 0.25) is 0 Å². The van der Waals surface area contributed by atoms with Crippen molar-refractivity contribution in [2.75, 3.05) is 26.7 Å². The van der Waals surface area contributed by atoms with Gasteiger partial charge in [0.05, 0.1) is 5.41 Å². The van der Waals surface area contributed by atoms with Crippen molar-refractivity contribution in [3.05, 3.63) is 35.9 Å². The second-order valence-electron chi connectivity index (χ2n) is 7.87. The van der Waals surface area contributed by atoms with Crippen LogP contribution < -0.4 is 5.32 Å². The number of urea groups is 1. The number of likely N-dealkylation sites (N-methyl/N-ethyl adjacent to an activating group) is 1. The van der Waals surface area contributed by atoms with E-state index in [1.54, 1.807) is 4.90 Å². The first-order valence-corrected chi connectivity index (χ1v) is 9.43. The van der Waals surface area contributed by atoms with Gasteiger partial charge in [-0.05, 0) is 38.3 Å². The zero-order chi connectivity index (χ0) is 18.7. The first kappa shape index (κ1) is 18.7. The summed E-state index contributed by atoms with van der Waals surface area (Å²) < 4.78 is 0. The molecule has 1 saturated heterocycles. The maximum absolute atomic E-state index is 12.5. The number of benzene rings is 1. The Morgan fingerprint density at radius 3 is 2.77 bits per heavy atom. The third kappa shape index (κ3) is 3.70. The number of hydrogen-bond acceptors (Lipinski definition) is 3. The summed E-state index contributed by atoms with van der Waals surface area (Å²) >= 11 is 0. The van der Waals surface area contributed by atoms with Gasteiger partial charge in [0.25, 0.3) is 0 Å². The number of carboxylic acids is 1. The Hall–Kier alpha value is -2.08. The minimum absolute atomic E-state index is 0.101. The van der Waals surface area contributed by atoms with Crippen LogP contribution in [0.3, 0.4) is 0 Å². The minimum Gasteiger partial charge on any atom is -0.481 e. The van der Waals surface area contributed by atoms with Gasteiger partial charge in [-0.3, -0.25) is 9.69 Å². The average molecular weight is 359 g/mol. The van der Waals surface area contributed by atoms with Crippen molar-refractivity contribution in [2.24, 2.45) is 11.3 Å². The zero-order valence-electron chi connectivity index (χ0n) is 15.6. The van der Waals surface area contributed by atoms with Gasteiger partial charge in [0.15, 0.2) is 0 Å². The number of nitrogens with one attached hydrogen (secondary N) is 1. The molecule has 0 aromatic heterocycles. The molecule has 1 saturated carbocycles. The van der Waals surface area contributed by atoms with Crippen molar-refractivity contribution in [3.63, 3.8) is 0 Å². The molecule has 1 aromatic carbocycles. The highest BCUT2D eigenvalue weighted by Crippen LogP contribution is 2.48. The third-order valence-electron chi connectivity index (χ3n) is 6.16. The minimum atomic E-state index is -0.744. The summed E-state index contributed by atoms with van der Waals surface area (Å²) in [5.41, 5.74) is 0.525. The van der Waals surface area contributed by atoms with Gasteiger partial charge in [-0.15, -0.1) is 0 Å². The molecule has 2 amide bonds. The van der Waals surface area contributed by atoms with Crippen molar-refractivity contribution in [2.45, 2.75) is 38.8 Å². The number of aliphatic carboxylic acids is 1. The van der Waals surface area contributed by atoms with E-state index < -0.39 is 11.4 Å². The van der Waals surface area contributed by atoms with Crippen LogP contribution >= 0.6 is 0 Å². The number of nitrogens with zero attached hydrogens (tertiary/aromatic N) is 2. The fraction of sp³-hybridized carbons (Fsp3) is 0.600. The Labute approximate surface area is 155 Å². The Morgan fingerprint density at radius 1 is 1.38 bits per heavy atom. The fourth-order valence-electron chi connectivity index (χ4n) is 4.32. The first-order valence-electron chi connectivity index (χ1n) is 9.43. The standard InChI is InChI=1S/C20H29N3O3/c1-15(22(2)12-16-7-4-3-5-8-16)11-21-19(26)23-13-17-9-6-10-20(17,14-23)18(24)25/h3-5,7-8,15,17H,6,9-14H2,1-2H3,(H,21,26)(H,24,25)/t15?,17-,20+/m0/s1. The average Bonchev–Trinajstić information content (AvgIpc) is 3.18. The van der Waals surface area contributed by atoms with Crippen LogP contribution in [-0.2, 0) is 11.3 Å². The van der Waals surface area contributed by atoms with E-state index in [2.05, 4.69) is 29.3 Å². The molecule has 3 atom stereocenters. The highest BCUT2D eigenvalue weighted by Gasteiger charge is 2.55. The van der Waals surface area contributed by atoms with E-state index >= 15 is 0 Å². The Bertz CT molecular complexity index is 651. The van der Waals surface area contributed by atoms with Gasteiger partial charge in [-0.25, -0.2) is 4.79 Å². The quantitative estimate of drug-likeness (QED) is 0.818. The van der Waals surface area contributed by atoms with Crippen molar-refractivity contribution in [3.8, 4) is 0 Å². The van der Waals surface area contributed by atoms with Crippen LogP contribution in [0.1, 0.15) is 31.7 Å². The molecule has 2 fully saturated rings. The Balaban J connectivity index is 1.49. The summed E-state index contributed by atoms with van der Waals surface area (Å²) in [5.74, 6) is -0.643. The van der Waals surface area contributed by atoms with Gasteiger partial charge >= 0.3 is 12.0 Å². The number of carboxylic acid groups (broad SMARTS) is 1. The summed E-state index contributed by atoms with van der Waals surface area (Å²) in [6.07, 6.45) is 2.55. The molecule has 26 heavy (non-hydrogen) atoms. The summed E-state index contributed by atoms with van der Waals surface area (Å²) in [6.45, 7) is 4.36. The molecule has 6 heteroatoms. The molecule has 0 bridgehead atoms. The molecular formula is C20H29N3O3. The monoisotopic (exact) mass is 359 g/mol. The number of carbonyl (C=O) groups excluding carboxylic acids is 1. The van der Waals surface area contributed by atoms with Crippen molar-refractivity contribution in [1.29, 1.82) is 0 Å². The molecule has 2 N–H and O–H groups in total. The van der Waals surface area contributed by atoms with Gasteiger partial charge in [-0.2, -0.15) is 0 Å². The molecule has 1 heterocycles. The van der Waals surface area contributed by atoms with Gasteiger partial charge in [0.1, 0.15) is 0 Å². The van der Waals surface area contributed by atoms with E-state index in [1.807, 2.05) is 25.2 Å². The predicted octanol–water partition coefficient (Wildman–Crippen LogP) is 2.40. The molecule has 3 rings (SSSR count). The Kier molecular flexibility index (Phi) is 5.51. The van der Waals surface area contributed by atoms with Crippen molar-refractivity contribution in [1.82, 2.24) is 15.1 Å². The maximum Gasteiger partial charge on any atom is 0.317 e. The third-order valence-corrected chi connectivity index (χ3v) is 6.16. The van der Waals surface area contributed by atoms with Crippen LogP contribution in [-0.4, -0.2) is 59.6 Å². The lowest BCUT2D eigenvalue weighted by Gasteiger charge is -2.27. The van der Waals surface area contributed by atoms with E-state index in [9.17, 15) is 14.7 Å². The molecule has 1 aliphatic heterocycles. The Morgan fingerprint density at radius 2 is 2.12 bits per heavy atom. The topological polar surface area (TPSA) is 72.9 Å². The van der Waals surface area contributed by atoms with Crippen molar-refractivity contribution < 1.29 is 14.7 Å². The van der Waals surface area contributed by atoms with Gasteiger partial charge in [-0.1, -0.05) is 36.8 Å². The van der Waals surface area contributed by atoms with Crippen LogP contribution in [0.15, 0.2) is 30.3 Å². The largest absolute Gasteiger partial charge is 0.481 e. The lowest BCUT2D eigenvalue weighted by atomic mass is 9.81. The highest BCUT2D eigenvalue weighted by atomic mass is 16.4. The second-order valence-corrected chi connectivity index (χ2v) is 7.87. The summed E-state index contributed by atoms with van der Waals surface area (Å²) in [4.78, 5) is 28.2. The number of carbonyl (C=O) groups is 2. The van der Waals surface area contributed by atoms with Crippen LogP contribution in [0, 0.1) is 11.3 Å². The molecule has 2 aliphatic rings. The van der Waals surface area contributed by atoms with Crippen LogP contribution in [0.25, 0.3) is 0 Å². The molecule has 6 nitrogen and oxygen atoms in total. The molecule has 142 valence electrons. The van der Waals surface area contributed by atoms with E-state index in [-0.39, 0.29) is 18.0 Å². The van der Waals surface area contributed by atoms with Gasteiger partial charge < -0.3 is 15.3 Å². The zero-order valence-corrected chi connectivity index (χ0v) is 15.6. The smallest absolute Gasteiger partial charge is 0.317 e. The second kappa shape index (κ2) is 7.66. The number of fused-ring (bicyclic) bond motifs is 1. The van der Waals surface area contributed by atoms with E-state index in [4.69, 9.17) is 0 Å². The molecule has 0 radical (unpaired) electrons. The lowest BCUT2D eigenvalue weighted by Crippen LogP contribution is -2.46. The van der Waals surface area contributed by atoms with Crippen molar-refractivity contribution >= 4 is 12.0 Å². The maximum atomic E-state index is 12.5. The predicted molar refractivity (Wildman–Crippen MR) is 99.8 cm³/mol. The van der Waals surface area contributed by atoms with E-state index in [0.29, 0.717) is 26.1 Å².